The van der Waals surface area contributed by atoms with E-state index >= 15 is 0 Å². The molecule has 0 radical (unpaired) electrons. The van der Waals surface area contributed by atoms with Crippen LogP contribution < -0.4 is 5.43 Å². The van der Waals surface area contributed by atoms with E-state index in [9.17, 15) is 9.18 Å². The maximum absolute atomic E-state index is 13.4. The lowest BCUT2D eigenvalue weighted by Gasteiger charge is -2.06. The van der Waals surface area contributed by atoms with Gasteiger partial charge in [0.25, 0.3) is 0 Å². The molecule has 0 spiro atoms. The topological polar surface area (TPSA) is 32.9 Å². The Kier molecular flexibility index (Phi) is 1.90. The summed E-state index contributed by atoms with van der Waals surface area (Å²) in [5.74, 6) is 0.205. The van der Waals surface area contributed by atoms with Crippen molar-refractivity contribution < 1.29 is 4.39 Å². The fraction of sp³-hybridized carbons (Fsp3) is 0.308. The molecule has 2 aromatic rings. The second kappa shape index (κ2) is 3.17. The molecule has 0 aliphatic heterocycles. The zero-order valence-electron chi connectivity index (χ0n) is 9.01. The summed E-state index contributed by atoms with van der Waals surface area (Å²) in [5, 5.41) is 0.573. The lowest BCUT2D eigenvalue weighted by Crippen LogP contribution is -2.06. The zero-order chi connectivity index (χ0) is 11.3. The van der Waals surface area contributed by atoms with Gasteiger partial charge in [0.2, 0.25) is 0 Å². The lowest BCUT2D eigenvalue weighted by molar-refractivity contribution is 0.620. The van der Waals surface area contributed by atoms with E-state index in [0.717, 1.165) is 18.5 Å². The highest BCUT2D eigenvalue weighted by atomic mass is 19.1. The normalized spacial score (nSPS) is 15.6. The third-order valence-corrected chi connectivity index (χ3v) is 3.24. The van der Waals surface area contributed by atoms with Gasteiger partial charge in [-0.05, 0) is 37.8 Å². The number of aromatic amines is 1. The minimum absolute atomic E-state index is 0.0150. The molecule has 1 aromatic carbocycles. The van der Waals surface area contributed by atoms with Crippen molar-refractivity contribution in [2.45, 2.75) is 25.7 Å². The number of hydrogen-bond acceptors (Lipinski definition) is 1. The van der Waals surface area contributed by atoms with Gasteiger partial charge in [-0.3, -0.25) is 4.79 Å². The Hall–Kier alpha value is -1.64. The fourth-order valence-electron chi connectivity index (χ4n) is 2.07. The Morgan fingerprint density at radius 3 is 2.81 bits per heavy atom. The minimum atomic E-state index is -0.268. The van der Waals surface area contributed by atoms with Crippen molar-refractivity contribution in [2.75, 3.05) is 0 Å². The number of aryl methyl sites for hydroxylation is 1. The maximum Gasteiger partial charge on any atom is 0.189 e. The van der Waals surface area contributed by atoms with Gasteiger partial charge in [-0.1, -0.05) is 0 Å². The summed E-state index contributed by atoms with van der Waals surface area (Å²) in [6.07, 6.45) is 2.24. The number of benzene rings is 1. The summed E-state index contributed by atoms with van der Waals surface area (Å²) in [4.78, 5) is 15.1. The van der Waals surface area contributed by atoms with E-state index in [-0.39, 0.29) is 11.2 Å². The second-order valence-corrected chi connectivity index (χ2v) is 4.46. The summed E-state index contributed by atoms with van der Waals surface area (Å²) in [6, 6.07) is 4.55. The summed E-state index contributed by atoms with van der Waals surface area (Å²) < 4.78 is 13.4. The number of aromatic nitrogens is 1. The number of halogens is 1. The third-order valence-electron chi connectivity index (χ3n) is 3.24. The molecule has 1 saturated carbocycles. The third kappa shape index (κ3) is 1.35. The van der Waals surface area contributed by atoms with Crippen molar-refractivity contribution in [3.63, 3.8) is 0 Å². The van der Waals surface area contributed by atoms with E-state index < -0.39 is 0 Å². The molecule has 0 atom stereocenters. The van der Waals surface area contributed by atoms with E-state index in [0.29, 0.717) is 22.4 Å². The monoisotopic (exact) mass is 217 g/mol. The van der Waals surface area contributed by atoms with Gasteiger partial charge in [0.05, 0.1) is 5.52 Å². The molecule has 0 bridgehead atoms. The summed E-state index contributed by atoms with van der Waals surface area (Å²) in [7, 11) is 0. The van der Waals surface area contributed by atoms with Crippen molar-refractivity contribution >= 4 is 10.9 Å². The first kappa shape index (κ1) is 9.58. The van der Waals surface area contributed by atoms with Crippen LogP contribution in [0.15, 0.2) is 23.0 Å². The molecule has 3 heteroatoms. The highest BCUT2D eigenvalue weighted by molar-refractivity contribution is 5.81. The Labute approximate surface area is 92.1 Å². The minimum Gasteiger partial charge on any atom is -0.358 e. The van der Waals surface area contributed by atoms with Crippen LogP contribution in [0.4, 0.5) is 4.39 Å². The molecule has 82 valence electrons. The van der Waals surface area contributed by atoms with Gasteiger partial charge < -0.3 is 4.98 Å². The predicted molar refractivity (Wildman–Crippen MR) is 61.2 cm³/mol. The summed E-state index contributed by atoms with van der Waals surface area (Å²) in [6.45, 7) is 1.70. The van der Waals surface area contributed by atoms with Gasteiger partial charge in [-0.15, -0.1) is 0 Å². The van der Waals surface area contributed by atoms with Crippen LogP contribution in [0.3, 0.4) is 0 Å². The van der Waals surface area contributed by atoms with E-state index in [1.165, 1.54) is 6.07 Å². The van der Waals surface area contributed by atoms with Gasteiger partial charge >= 0.3 is 0 Å². The number of H-pyrrole nitrogens is 1. The van der Waals surface area contributed by atoms with E-state index in [2.05, 4.69) is 4.98 Å². The Morgan fingerprint density at radius 2 is 2.12 bits per heavy atom. The predicted octanol–water partition coefficient (Wildman–Crippen LogP) is 2.85. The number of pyridine rings is 1. The number of fused-ring (bicyclic) bond motifs is 1. The number of rotatable bonds is 1. The molecule has 3 rings (SSSR count). The Balaban J connectivity index is 2.38. The highest BCUT2D eigenvalue weighted by Gasteiger charge is 2.25. The standard InChI is InChI=1S/C13H12FNO/c1-7-10(14)5-4-9-12(16)6-11(8-2-3-8)15-13(7)9/h4-6,8H,2-3H2,1H3,(H,15,16). The quantitative estimate of drug-likeness (QED) is 0.782. The van der Waals surface area contributed by atoms with Gasteiger partial charge in [0.15, 0.2) is 5.43 Å². The van der Waals surface area contributed by atoms with Crippen LogP contribution in [0.2, 0.25) is 0 Å². The SMILES string of the molecule is Cc1c(F)ccc2c(=O)cc(C3CC3)[nH]c12. The van der Waals surface area contributed by atoms with Crippen LogP contribution in [-0.4, -0.2) is 4.98 Å². The van der Waals surface area contributed by atoms with Gasteiger partial charge in [0.1, 0.15) is 5.82 Å². The molecule has 1 aliphatic rings. The first-order valence-electron chi connectivity index (χ1n) is 5.49. The average molecular weight is 217 g/mol. The van der Waals surface area contributed by atoms with Crippen LogP contribution in [0.1, 0.15) is 30.0 Å². The second-order valence-electron chi connectivity index (χ2n) is 4.46. The Morgan fingerprint density at radius 1 is 1.38 bits per heavy atom. The van der Waals surface area contributed by atoms with E-state index in [4.69, 9.17) is 0 Å². The molecule has 1 N–H and O–H groups in total. The van der Waals surface area contributed by atoms with Crippen LogP contribution >= 0.6 is 0 Å². The van der Waals surface area contributed by atoms with Crippen LogP contribution in [0.5, 0.6) is 0 Å². The molecule has 0 unspecified atom stereocenters. The average Bonchev–Trinajstić information content (AvgIpc) is 3.07. The summed E-state index contributed by atoms with van der Waals surface area (Å²) in [5.41, 5.74) is 2.11. The first-order valence-corrected chi connectivity index (χ1v) is 5.49. The van der Waals surface area contributed by atoms with Gasteiger partial charge in [0, 0.05) is 22.7 Å². The molecule has 1 fully saturated rings. The van der Waals surface area contributed by atoms with E-state index in [1.807, 2.05) is 0 Å². The van der Waals surface area contributed by atoms with Gasteiger partial charge in [-0.2, -0.15) is 0 Å². The van der Waals surface area contributed by atoms with Crippen molar-refractivity contribution in [2.24, 2.45) is 0 Å². The molecule has 1 aliphatic carbocycles. The van der Waals surface area contributed by atoms with Crippen molar-refractivity contribution in [1.29, 1.82) is 0 Å². The molecule has 0 saturated heterocycles. The highest BCUT2D eigenvalue weighted by Crippen LogP contribution is 2.39. The number of hydrogen-bond donors (Lipinski definition) is 1. The molecule has 2 nitrogen and oxygen atoms in total. The largest absolute Gasteiger partial charge is 0.358 e. The van der Waals surface area contributed by atoms with Crippen molar-refractivity contribution in [3.8, 4) is 0 Å². The lowest BCUT2D eigenvalue weighted by atomic mass is 10.1. The van der Waals surface area contributed by atoms with Crippen LogP contribution in [0, 0.1) is 12.7 Å². The first-order chi connectivity index (χ1) is 7.66. The maximum atomic E-state index is 13.4. The molecular formula is C13H12FNO. The van der Waals surface area contributed by atoms with Crippen LogP contribution in [-0.2, 0) is 0 Å². The number of nitrogens with one attached hydrogen (secondary N) is 1. The molecular weight excluding hydrogens is 205 g/mol. The molecule has 1 aromatic heterocycles. The molecule has 16 heavy (non-hydrogen) atoms. The van der Waals surface area contributed by atoms with E-state index in [1.54, 1.807) is 19.1 Å². The Bertz CT molecular complexity index is 626. The van der Waals surface area contributed by atoms with Crippen LogP contribution in [0.25, 0.3) is 10.9 Å². The zero-order valence-corrected chi connectivity index (χ0v) is 9.01. The summed E-state index contributed by atoms with van der Waals surface area (Å²) >= 11 is 0. The smallest absolute Gasteiger partial charge is 0.189 e. The molecule has 1 heterocycles. The van der Waals surface area contributed by atoms with Crippen molar-refractivity contribution in [3.05, 3.63) is 45.5 Å². The van der Waals surface area contributed by atoms with Crippen molar-refractivity contribution in [1.82, 2.24) is 4.98 Å². The molecule has 0 amide bonds. The fourth-order valence-corrected chi connectivity index (χ4v) is 2.07. The van der Waals surface area contributed by atoms with Gasteiger partial charge in [-0.25, -0.2) is 4.39 Å².